The van der Waals surface area contributed by atoms with Crippen LogP contribution in [0.25, 0.3) is 6.08 Å². The molecule has 0 aliphatic heterocycles. The van der Waals surface area contributed by atoms with Crippen LogP contribution in [0.3, 0.4) is 0 Å². The third-order valence-corrected chi connectivity index (χ3v) is 4.05. The number of hydrogen-bond acceptors (Lipinski definition) is 3. The first-order chi connectivity index (χ1) is 12.7. The van der Waals surface area contributed by atoms with E-state index in [9.17, 15) is 4.79 Å². The lowest BCUT2D eigenvalue weighted by Gasteiger charge is -2.17. The highest BCUT2D eigenvalue weighted by molar-refractivity contribution is 5.91. The summed E-state index contributed by atoms with van der Waals surface area (Å²) < 4.78 is 0. The van der Waals surface area contributed by atoms with E-state index >= 15 is 0 Å². The summed E-state index contributed by atoms with van der Waals surface area (Å²) in [6.07, 6.45) is 9.15. The van der Waals surface area contributed by atoms with Crippen LogP contribution in [0.5, 0.6) is 0 Å². The predicted octanol–water partition coefficient (Wildman–Crippen LogP) is 3.90. The zero-order chi connectivity index (χ0) is 18.2. The summed E-state index contributed by atoms with van der Waals surface area (Å²) in [4.78, 5) is 20.8. The van der Waals surface area contributed by atoms with Gasteiger partial charge >= 0.3 is 0 Å². The zero-order valence-electron chi connectivity index (χ0n) is 14.7. The monoisotopic (exact) mass is 343 g/mol. The van der Waals surface area contributed by atoms with Gasteiger partial charge in [0.25, 0.3) is 0 Å². The Balaban J connectivity index is 1.74. The Morgan fingerprint density at radius 2 is 1.81 bits per heavy atom. The van der Waals surface area contributed by atoms with Gasteiger partial charge in [-0.05, 0) is 54.8 Å². The topological polar surface area (TPSA) is 54.9 Å². The van der Waals surface area contributed by atoms with Gasteiger partial charge in [0.2, 0.25) is 5.91 Å². The normalized spacial score (nSPS) is 12.0. The van der Waals surface area contributed by atoms with E-state index in [2.05, 4.69) is 46.5 Å². The third kappa shape index (κ3) is 5.11. The van der Waals surface area contributed by atoms with Crippen LogP contribution in [0.15, 0.2) is 79.3 Å². The van der Waals surface area contributed by atoms with Gasteiger partial charge in [0, 0.05) is 24.7 Å². The summed E-state index contributed by atoms with van der Waals surface area (Å²) in [5, 5.41) is 3.06. The molecule has 4 heteroatoms. The molecule has 2 heterocycles. The number of hydrogen-bond donors (Lipinski definition) is 1. The quantitative estimate of drug-likeness (QED) is 0.691. The van der Waals surface area contributed by atoms with Crippen LogP contribution in [-0.4, -0.2) is 15.9 Å². The van der Waals surface area contributed by atoms with E-state index in [1.54, 1.807) is 30.7 Å². The maximum atomic E-state index is 12.4. The summed E-state index contributed by atoms with van der Waals surface area (Å²) in [6.45, 7) is 2.06. The van der Waals surface area contributed by atoms with Crippen LogP contribution in [0.1, 0.15) is 28.4 Å². The average Bonchev–Trinajstić information content (AvgIpc) is 2.69. The first-order valence-electron chi connectivity index (χ1n) is 8.56. The second-order valence-corrected chi connectivity index (χ2v) is 6.12. The maximum absolute atomic E-state index is 12.4. The van der Waals surface area contributed by atoms with Gasteiger partial charge in [-0.1, -0.05) is 35.9 Å². The van der Waals surface area contributed by atoms with Crippen molar-refractivity contribution in [2.24, 2.45) is 0 Å². The Morgan fingerprint density at radius 1 is 1.04 bits per heavy atom. The molecule has 0 unspecified atom stereocenters. The van der Waals surface area contributed by atoms with Crippen molar-refractivity contribution in [3.8, 4) is 0 Å². The van der Waals surface area contributed by atoms with Gasteiger partial charge in [0.1, 0.15) is 0 Å². The van der Waals surface area contributed by atoms with Gasteiger partial charge in [-0.15, -0.1) is 0 Å². The largest absolute Gasteiger partial charge is 0.344 e. The summed E-state index contributed by atoms with van der Waals surface area (Å²) in [7, 11) is 0. The molecule has 0 saturated carbocycles. The van der Waals surface area contributed by atoms with Gasteiger partial charge in [-0.3, -0.25) is 14.8 Å². The number of aromatic nitrogens is 2. The number of carbonyl (C=O) groups excluding carboxylic acids is 1. The van der Waals surface area contributed by atoms with Crippen LogP contribution < -0.4 is 5.32 Å². The zero-order valence-corrected chi connectivity index (χ0v) is 14.7. The molecule has 1 atom stereocenters. The van der Waals surface area contributed by atoms with Crippen molar-refractivity contribution < 1.29 is 4.79 Å². The molecule has 3 aromatic rings. The molecule has 1 amide bonds. The van der Waals surface area contributed by atoms with Gasteiger partial charge in [-0.25, -0.2) is 0 Å². The molecule has 0 bridgehead atoms. The molecule has 0 aliphatic rings. The van der Waals surface area contributed by atoms with Crippen LogP contribution in [0.4, 0.5) is 0 Å². The van der Waals surface area contributed by atoms with E-state index < -0.39 is 0 Å². The van der Waals surface area contributed by atoms with Gasteiger partial charge < -0.3 is 5.32 Å². The number of nitrogens with one attached hydrogen (secondary N) is 1. The van der Waals surface area contributed by atoms with Crippen molar-refractivity contribution in [3.05, 3.63) is 102 Å². The first kappa shape index (κ1) is 17.5. The summed E-state index contributed by atoms with van der Waals surface area (Å²) in [5.41, 5.74) is 4.15. The minimum atomic E-state index is -0.187. The number of benzene rings is 1. The molecular formula is C22H21N3O. The van der Waals surface area contributed by atoms with E-state index in [0.29, 0.717) is 6.42 Å². The highest BCUT2D eigenvalue weighted by atomic mass is 16.1. The fourth-order valence-electron chi connectivity index (χ4n) is 2.64. The summed E-state index contributed by atoms with van der Waals surface area (Å²) in [5.74, 6) is -0.149. The van der Waals surface area contributed by atoms with Gasteiger partial charge in [-0.2, -0.15) is 0 Å². The molecule has 0 aliphatic carbocycles. The standard InChI is InChI=1S/C22H21N3O/c1-17-5-7-19(8-6-17)16-21(20-4-2-3-13-24-20)25-22(26)10-9-18-11-14-23-15-12-18/h2-15,21H,16H2,1H3,(H,25,26)/b10-9-/t21-/m0/s1. The minimum absolute atomic E-state index is 0.149. The predicted molar refractivity (Wildman–Crippen MR) is 103 cm³/mol. The molecule has 0 fully saturated rings. The van der Waals surface area contributed by atoms with Crippen molar-refractivity contribution in [1.82, 2.24) is 15.3 Å². The summed E-state index contributed by atoms with van der Waals surface area (Å²) in [6, 6.07) is 17.6. The molecule has 0 radical (unpaired) electrons. The molecule has 3 rings (SSSR count). The fourth-order valence-corrected chi connectivity index (χ4v) is 2.64. The van der Waals surface area contributed by atoms with E-state index in [0.717, 1.165) is 16.8 Å². The highest BCUT2D eigenvalue weighted by Gasteiger charge is 2.15. The van der Waals surface area contributed by atoms with Crippen molar-refractivity contribution in [2.45, 2.75) is 19.4 Å². The molecule has 130 valence electrons. The first-order valence-corrected chi connectivity index (χ1v) is 8.56. The van der Waals surface area contributed by atoms with Crippen molar-refractivity contribution in [2.75, 3.05) is 0 Å². The molecule has 4 nitrogen and oxygen atoms in total. The summed E-state index contributed by atoms with van der Waals surface area (Å²) >= 11 is 0. The smallest absolute Gasteiger partial charge is 0.244 e. The van der Waals surface area contributed by atoms with Crippen molar-refractivity contribution in [1.29, 1.82) is 0 Å². The third-order valence-electron chi connectivity index (χ3n) is 4.05. The van der Waals surface area contributed by atoms with Crippen molar-refractivity contribution >= 4 is 12.0 Å². The lowest BCUT2D eigenvalue weighted by Crippen LogP contribution is -2.29. The second-order valence-electron chi connectivity index (χ2n) is 6.12. The van der Waals surface area contributed by atoms with Gasteiger partial charge in [0.15, 0.2) is 0 Å². The molecule has 1 N–H and O–H groups in total. The number of aryl methyl sites for hydroxylation is 1. The van der Waals surface area contributed by atoms with E-state index in [4.69, 9.17) is 0 Å². The van der Waals surface area contributed by atoms with Crippen LogP contribution in [-0.2, 0) is 11.2 Å². The van der Waals surface area contributed by atoms with E-state index in [1.165, 1.54) is 5.56 Å². The maximum Gasteiger partial charge on any atom is 0.244 e. The number of pyridine rings is 2. The molecule has 2 aromatic heterocycles. The highest BCUT2D eigenvalue weighted by Crippen LogP contribution is 2.17. The number of nitrogens with zero attached hydrogens (tertiary/aromatic N) is 2. The SMILES string of the molecule is Cc1ccc(C[C@H](NC(=O)/C=C\c2ccncc2)c2ccccn2)cc1. The minimum Gasteiger partial charge on any atom is -0.344 e. The molecule has 0 saturated heterocycles. The number of amides is 1. The molecule has 26 heavy (non-hydrogen) atoms. The average molecular weight is 343 g/mol. The number of rotatable bonds is 6. The number of carbonyl (C=O) groups is 1. The van der Waals surface area contributed by atoms with Crippen LogP contribution >= 0.6 is 0 Å². The van der Waals surface area contributed by atoms with Crippen LogP contribution in [0, 0.1) is 6.92 Å². The Morgan fingerprint density at radius 3 is 2.50 bits per heavy atom. The Bertz CT molecular complexity index is 859. The second kappa shape index (κ2) is 8.72. The lowest BCUT2D eigenvalue weighted by molar-refractivity contribution is -0.117. The lowest BCUT2D eigenvalue weighted by atomic mass is 10.0. The fraction of sp³-hybridized carbons (Fsp3) is 0.136. The Labute approximate surface area is 153 Å². The van der Waals surface area contributed by atoms with E-state index in [-0.39, 0.29) is 11.9 Å². The molecule has 1 aromatic carbocycles. The molecule has 0 spiro atoms. The van der Waals surface area contributed by atoms with E-state index in [1.807, 2.05) is 30.3 Å². The van der Waals surface area contributed by atoms with Crippen LogP contribution in [0.2, 0.25) is 0 Å². The van der Waals surface area contributed by atoms with Crippen molar-refractivity contribution in [3.63, 3.8) is 0 Å². The Hall–Kier alpha value is -3.27. The molecular weight excluding hydrogens is 322 g/mol. The van der Waals surface area contributed by atoms with Gasteiger partial charge in [0.05, 0.1) is 11.7 Å². The Kier molecular flexibility index (Phi) is 5.88.